The minimum absolute atomic E-state index is 0.536. The molecule has 1 aromatic heterocycles. The van der Waals surface area contributed by atoms with Crippen molar-refractivity contribution >= 4 is 21.6 Å². The number of hydrogen-bond acceptors (Lipinski definition) is 4. The molecule has 1 heterocycles. The molecule has 1 saturated carbocycles. The van der Waals surface area contributed by atoms with Gasteiger partial charge in [0.2, 0.25) is 5.89 Å². The lowest BCUT2D eigenvalue weighted by Gasteiger charge is -2.06. The van der Waals surface area contributed by atoms with E-state index >= 15 is 0 Å². The van der Waals surface area contributed by atoms with E-state index < -0.39 is 0 Å². The van der Waals surface area contributed by atoms with E-state index in [1.54, 1.807) is 0 Å². The smallest absolute Gasteiger partial charge is 0.245 e. The van der Waals surface area contributed by atoms with Crippen molar-refractivity contribution in [2.45, 2.75) is 32.2 Å². The lowest BCUT2D eigenvalue weighted by Crippen LogP contribution is -2.00. The van der Waals surface area contributed by atoms with E-state index in [0.29, 0.717) is 18.4 Å². The summed E-state index contributed by atoms with van der Waals surface area (Å²) in [5, 5.41) is 7.28. The number of aromatic nitrogens is 2. The number of rotatable bonds is 4. The van der Waals surface area contributed by atoms with Crippen LogP contribution < -0.4 is 5.32 Å². The molecule has 4 nitrogen and oxygen atoms in total. The molecular formula is C13H14BrN3O. The zero-order valence-electron chi connectivity index (χ0n) is 10.1. The van der Waals surface area contributed by atoms with Crippen LogP contribution in [0.2, 0.25) is 0 Å². The van der Waals surface area contributed by atoms with E-state index in [1.165, 1.54) is 18.4 Å². The highest BCUT2D eigenvalue weighted by atomic mass is 79.9. The molecule has 1 aliphatic rings. The fraction of sp³-hybridized carbons (Fsp3) is 0.385. The van der Waals surface area contributed by atoms with E-state index in [9.17, 15) is 0 Å². The number of anilines is 1. The van der Waals surface area contributed by atoms with Crippen LogP contribution in [0.25, 0.3) is 0 Å². The van der Waals surface area contributed by atoms with Crippen LogP contribution in [0, 0.1) is 6.92 Å². The van der Waals surface area contributed by atoms with Crippen LogP contribution in [0.1, 0.15) is 36.0 Å². The first-order chi connectivity index (χ1) is 8.72. The molecule has 5 heteroatoms. The Bertz CT molecular complexity index is 563. The molecule has 1 aliphatic carbocycles. The van der Waals surface area contributed by atoms with Gasteiger partial charge in [-0.15, -0.1) is 0 Å². The summed E-state index contributed by atoms with van der Waals surface area (Å²) < 4.78 is 6.26. The van der Waals surface area contributed by atoms with Gasteiger partial charge in [0.15, 0.2) is 5.82 Å². The first kappa shape index (κ1) is 11.7. The highest BCUT2D eigenvalue weighted by molar-refractivity contribution is 9.10. The Morgan fingerprint density at radius 1 is 1.44 bits per heavy atom. The third-order valence-corrected chi connectivity index (χ3v) is 3.64. The Labute approximate surface area is 114 Å². The molecule has 3 rings (SSSR count). The molecule has 1 fully saturated rings. The van der Waals surface area contributed by atoms with Gasteiger partial charge in [0.25, 0.3) is 0 Å². The van der Waals surface area contributed by atoms with Gasteiger partial charge in [0, 0.05) is 16.1 Å². The third kappa shape index (κ3) is 2.56. The van der Waals surface area contributed by atoms with Gasteiger partial charge < -0.3 is 9.84 Å². The third-order valence-electron chi connectivity index (χ3n) is 2.98. The van der Waals surface area contributed by atoms with Crippen LogP contribution in [-0.2, 0) is 6.54 Å². The standard InChI is InChI=1S/C13H14BrN3O/c1-8-2-5-11(10(14)6-8)15-7-12-16-13(17-18-12)9-3-4-9/h2,5-6,9,15H,3-4,7H2,1H3. The molecule has 0 bridgehead atoms. The summed E-state index contributed by atoms with van der Waals surface area (Å²) in [4.78, 5) is 4.38. The quantitative estimate of drug-likeness (QED) is 0.937. The van der Waals surface area contributed by atoms with Crippen LogP contribution in [0.4, 0.5) is 5.69 Å². The summed E-state index contributed by atoms with van der Waals surface area (Å²) in [5.41, 5.74) is 2.26. The van der Waals surface area contributed by atoms with Gasteiger partial charge in [-0.1, -0.05) is 11.2 Å². The topological polar surface area (TPSA) is 51.0 Å². The van der Waals surface area contributed by atoms with Crippen molar-refractivity contribution in [3.05, 3.63) is 40.0 Å². The average molecular weight is 308 g/mol. The monoisotopic (exact) mass is 307 g/mol. The van der Waals surface area contributed by atoms with Crippen molar-refractivity contribution in [2.24, 2.45) is 0 Å². The Morgan fingerprint density at radius 2 is 2.28 bits per heavy atom. The van der Waals surface area contributed by atoms with Crippen molar-refractivity contribution in [1.82, 2.24) is 10.1 Å². The summed E-state index contributed by atoms with van der Waals surface area (Å²) in [6.07, 6.45) is 2.38. The van der Waals surface area contributed by atoms with Crippen LogP contribution in [-0.4, -0.2) is 10.1 Å². The SMILES string of the molecule is Cc1ccc(NCc2nc(C3CC3)no2)c(Br)c1. The molecule has 0 unspecified atom stereocenters. The maximum Gasteiger partial charge on any atom is 0.245 e. The van der Waals surface area contributed by atoms with Crippen LogP contribution in [0.5, 0.6) is 0 Å². The van der Waals surface area contributed by atoms with E-state index in [2.05, 4.69) is 50.4 Å². The lowest BCUT2D eigenvalue weighted by molar-refractivity contribution is 0.378. The highest BCUT2D eigenvalue weighted by Gasteiger charge is 2.28. The lowest BCUT2D eigenvalue weighted by atomic mass is 10.2. The second-order valence-electron chi connectivity index (χ2n) is 4.66. The zero-order valence-corrected chi connectivity index (χ0v) is 11.7. The van der Waals surface area contributed by atoms with Gasteiger partial charge in [-0.05, 0) is 53.4 Å². The fourth-order valence-electron chi connectivity index (χ4n) is 1.78. The molecule has 0 aliphatic heterocycles. The Hall–Kier alpha value is -1.36. The van der Waals surface area contributed by atoms with Crippen LogP contribution >= 0.6 is 15.9 Å². The van der Waals surface area contributed by atoms with Crippen LogP contribution in [0.3, 0.4) is 0 Å². The van der Waals surface area contributed by atoms with E-state index in [1.807, 2.05) is 6.07 Å². The number of benzene rings is 1. The molecule has 1 N–H and O–H groups in total. The van der Waals surface area contributed by atoms with Crippen molar-refractivity contribution < 1.29 is 4.52 Å². The first-order valence-electron chi connectivity index (χ1n) is 6.05. The second kappa shape index (κ2) is 4.72. The largest absolute Gasteiger partial charge is 0.375 e. The Morgan fingerprint density at radius 3 is 3.00 bits per heavy atom. The van der Waals surface area contributed by atoms with Gasteiger partial charge in [-0.3, -0.25) is 0 Å². The molecule has 0 spiro atoms. The van der Waals surface area contributed by atoms with E-state index in [0.717, 1.165) is 16.0 Å². The molecule has 2 aromatic rings. The Kier molecular flexibility index (Phi) is 3.07. The number of halogens is 1. The summed E-state index contributed by atoms with van der Waals surface area (Å²) in [7, 11) is 0. The van der Waals surface area contributed by atoms with Crippen molar-refractivity contribution in [3.63, 3.8) is 0 Å². The molecule has 18 heavy (non-hydrogen) atoms. The average Bonchev–Trinajstić information content (AvgIpc) is 3.08. The molecule has 0 atom stereocenters. The predicted octanol–water partition coefficient (Wildman–Crippen LogP) is 3.63. The number of nitrogens with one attached hydrogen (secondary N) is 1. The fourth-order valence-corrected chi connectivity index (χ4v) is 2.41. The minimum atomic E-state index is 0.536. The zero-order chi connectivity index (χ0) is 12.5. The maximum atomic E-state index is 5.21. The molecular weight excluding hydrogens is 294 g/mol. The first-order valence-corrected chi connectivity index (χ1v) is 6.84. The van der Waals surface area contributed by atoms with Crippen molar-refractivity contribution in [3.8, 4) is 0 Å². The number of hydrogen-bond donors (Lipinski definition) is 1. The van der Waals surface area contributed by atoms with Crippen LogP contribution in [0.15, 0.2) is 27.2 Å². The van der Waals surface area contributed by atoms with Gasteiger partial charge in [-0.2, -0.15) is 4.98 Å². The molecule has 0 radical (unpaired) electrons. The summed E-state index contributed by atoms with van der Waals surface area (Å²) in [6.45, 7) is 2.62. The number of nitrogens with zero attached hydrogens (tertiary/aromatic N) is 2. The molecule has 0 amide bonds. The summed E-state index contributed by atoms with van der Waals surface area (Å²) in [5.74, 6) is 2.03. The van der Waals surface area contributed by atoms with Gasteiger partial charge >= 0.3 is 0 Å². The minimum Gasteiger partial charge on any atom is -0.375 e. The van der Waals surface area contributed by atoms with E-state index in [4.69, 9.17) is 4.52 Å². The predicted molar refractivity (Wildman–Crippen MR) is 72.5 cm³/mol. The summed E-state index contributed by atoms with van der Waals surface area (Å²) >= 11 is 3.53. The second-order valence-corrected chi connectivity index (χ2v) is 5.51. The Balaban J connectivity index is 1.65. The molecule has 0 saturated heterocycles. The normalized spacial score (nSPS) is 14.8. The van der Waals surface area contributed by atoms with Crippen molar-refractivity contribution in [2.75, 3.05) is 5.32 Å². The van der Waals surface area contributed by atoms with E-state index in [-0.39, 0.29) is 0 Å². The molecule has 1 aromatic carbocycles. The number of aryl methyl sites for hydroxylation is 1. The maximum absolute atomic E-state index is 5.21. The van der Waals surface area contributed by atoms with Gasteiger partial charge in [0.05, 0.1) is 6.54 Å². The van der Waals surface area contributed by atoms with Crippen molar-refractivity contribution in [1.29, 1.82) is 0 Å². The van der Waals surface area contributed by atoms with Gasteiger partial charge in [0.1, 0.15) is 0 Å². The van der Waals surface area contributed by atoms with Gasteiger partial charge in [-0.25, -0.2) is 0 Å². The highest BCUT2D eigenvalue weighted by Crippen LogP contribution is 2.38. The summed E-state index contributed by atoms with van der Waals surface area (Å²) in [6, 6.07) is 6.18. The molecule has 94 valence electrons.